The third-order valence-corrected chi connectivity index (χ3v) is 5.62. The Labute approximate surface area is 128 Å². The van der Waals surface area contributed by atoms with Gasteiger partial charge in [0.2, 0.25) is 0 Å². The summed E-state index contributed by atoms with van der Waals surface area (Å²) in [6.07, 6.45) is 5.02. The van der Waals surface area contributed by atoms with Crippen molar-refractivity contribution in [1.82, 2.24) is 4.90 Å². The largest absolute Gasteiger partial charge is 0.329 e. The van der Waals surface area contributed by atoms with Gasteiger partial charge in [-0.1, -0.05) is 43.5 Å². The number of nitrogens with two attached hydrogens (primary N) is 1. The van der Waals surface area contributed by atoms with E-state index in [-0.39, 0.29) is 5.54 Å². The van der Waals surface area contributed by atoms with Crippen molar-refractivity contribution in [2.45, 2.75) is 51.1 Å². The summed E-state index contributed by atoms with van der Waals surface area (Å²) in [4.78, 5) is 2.50. The molecule has 0 aromatic heterocycles. The van der Waals surface area contributed by atoms with Gasteiger partial charge in [0.1, 0.15) is 0 Å². The van der Waals surface area contributed by atoms with Crippen LogP contribution in [0, 0.1) is 5.92 Å². The monoisotopic (exact) mass is 294 g/mol. The third-order valence-electron chi connectivity index (χ3n) is 5.38. The zero-order valence-electron chi connectivity index (χ0n) is 12.9. The molecule has 1 aromatic carbocycles. The number of halogens is 1. The first-order valence-electron chi connectivity index (χ1n) is 7.73. The van der Waals surface area contributed by atoms with Crippen molar-refractivity contribution >= 4 is 11.6 Å². The van der Waals surface area contributed by atoms with Crippen LogP contribution in [-0.4, -0.2) is 24.0 Å². The molecule has 1 aromatic rings. The molecule has 2 rings (SSSR count). The maximum Gasteiger partial charge on any atom is 0.0409 e. The van der Waals surface area contributed by atoms with Crippen LogP contribution in [0.2, 0.25) is 5.02 Å². The fraction of sp³-hybridized carbons (Fsp3) is 0.647. The Hall–Kier alpha value is -0.570. The summed E-state index contributed by atoms with van der Waals surface area (Å²) in [5, 5.41) is 0.808. The molecule has 112 valence electrons. The minimum absolute atomic E-state index is 0.149. The van der Waals surface area contributed by atoms with E-state index in [2.05, 4.69) is 37.9 Å². The van der Waals surface area contributed by atoms with Crippen LogP contribution < -0.4 is 5.73 Å². The SMILES string of the molecule is CCC1CCCC1(CN)N(C)C(C)c1cccc(Cl)c1. The molecular formula is C17H27ClN2. The lowest BCUT2D eigenvalue weighted by Crippen LogP contribution is -2.55. The molecule has 0 aliphatic heterocycles. The molecule has 0 saturated heterocycles. The number of hydrogen-bond acceptors (Lipinski definition) is 2. The predicted molar refractivity (Wildman–Crippen MR) is 87.0 cm³/mol. The van der Waals surface area contributed by atoms with Gasteiger partial charge in [-0.3, -0.25) is 4.90 Å². The molecule has 0 heterocycles. The summed E-state index contributed by atoms with van der Waals surface area (Å²) in [6.45, 7) is 5.29. The van der Waals surface area contributed by atoms with Crippen molar-refractivity contribution in [3.05, 3.63) is 34.9 Å². The Morgan fingerprint density at radius 2 is 2.25 bits per heavy atom. The van der Waals surface area contributed by atoms with E-state index in [1.54, 1.807) is 0 Å². The van der Waals surface area contributed by atoms with Gasteiger partial charge in [0, 0.05) is 23.1 Å². The topological polar surface area (TPSA) is 29.3 Å². The highest BCUT2D eigenvalue weighted by Crippen LogP contribution is 2.44. The molecule has 0 amide bonds. The summed E-state index contributed by atoms with van der Waals surface area (Å²) < 4.78 is 0. The fourth-order valence-corrected chi connectivity index (χ4v) is 4.16. The Kier molecular flexibility index (Phi) is 5.11. The van der Waals surface area contributed by atoms with Crippen LogP contribution in [0.4, 0.5) is 0 Å². The van der Waals surface area contributed by atoms with Gasteiger partial charge in [-0.25, -0.2) is 0 Å². The molecule has 3 atom stereocenters. The number of nitrogens with zero attached hydrogens (tertiary/aromatic N) is 1. The van der Waals surface area contributed by atoms with Crippen LogP contribution in [0.25, 0.3) is 0 Å². The van der Waals surface area contributed by atoms with E-state index in [0.717, 1.165) is 11.6 Å². The summed E-state index contributed by atoms with van der Waals surface area (Å²) in [5.41, 5.74) is 7.64. The van der Waals surface area contributed by atoms with Crippen LogP contribution in [0.15, 0.2) is 24.3 Å². The Balaban J connectivity index is 2.26. The summed E-state index contributed by atoms with van der Waals surface area (Å²) in [6, 6.07) is 8.53. The van der Waals surface area contributed by atoms with Crippen LogP contribution in [0.3, 0.4) is 0 Å². The van der Waals surface area contributed by atoms with Crippen molar-refractivity contribution < 1.29 is 0 Å². The van der Waals surface area contributed by atoms with E-state index in [0.29, 0.717) is 12.0 Å². The number of rotatable bonds is 5. The highest BCUT2D eigenvalue weighted by Gasteiger charge is 2.45. The fourth-order valence-electron chi connectivity index (χ4n) is 3.96. The molecule has 0 spiro atoms. The lowest BCUT2D eigenvalue weighted by Gasteiger charge is -2.46. The van der Waals surface area contributed by atoms with E-state index in [1.807, 2.05) is 12.1 Å². The molecule has 0 radical (unpaired) electrons. The first kappa shape index (κ1) is 15.8. The lowest BCUT2D eigenvalue weighted by atomic mass is 9.82. The zero-order chi connectivity index (χ0) is 14.8. The third kappa shape index (κ3) is 2.74. The molecule has 3 heteroatoms. The number of likely N-dealkylation sites (N-methyl/N-ethyl adjacent to an activating group) is 1. The molecule has 20 heavy (non-hydrogen) atoms. The van der Waals surface area contributed by atoms with E-state index >= 15 is 0 Å². The Morgan fingerprint density at radius 1 is 1.50 bits per heavy atom. The molecule has 3 unspecified atom stereocenters. The quantitative estimate of drug-likeness (QED) is 0.880. The average molecular weight is 295 g/mol. The molecule has 1 fully saturated rings. The van der Waals surface area contributed by atoms with E-state index in [9.17, 15) is 0 Å². The second-order valence-corrected chi connectivity index (χ2v) is 6.58. The molecule has 1 saturated carbocycles. The molecule has 1 aliphatic carbocycles. The molecular weight excluding hydrogens is 268 g/mol. The predicted octanol–water partition coefficient (Wildman–Crippen LogP) is 4.24. The first-order valence-corrected chi connectivity index (χ1v) is 8.11. The van der Waals surface area contributed by atoms with Gasteiger partial charge in [-0.05, 0) is 50.4 Å². The van der Waals surface area contributed by atoms with Crippen molar-refractivity contribution in [3.8, 4) is 0 Å². The highest BCUT2D eigenvalue weighted by atomic mass is 35.5. The summed E-state index contributed by atoms with van der Waals surface area (Å²) in [7, 11) is 2.23. The van der Waals surface area contributed by atoms with E-state index in [4.69, 9.17) is 17.3 Å². The van der Waals surface area contributed by atoms with Crippen molar-refractivity contribution in [2.24, 2.45) is 11.7 Å². The van der Waals surface area contributed by atoms with Gasteiger partial charge in [-0.15, -0.1) is 0 Å². The molecule has 2 N–H and O–H groups in total. The molecule has 1 aliphatic rings. The highest BCUT2D eigenvalue weighted by molar-refractivity contribution is 6.30. The second-order valence-electron chi connectivity index (χ2n) is 6.15. The van der Waals surface area contributed by atoms with Crippen LogP contribution in [0.5, 0.6) is 0 Å². The van der Waals surface area contributed by atoms with Crippen molar-refractivity contribution in [1.29, 1.82) is 0 Å². The van der Waals surface area contributed by atoms with Crippen LogP contribution in [0.1, 0.15) is 51.1 Å². The summed E-state index contributed by atoms with van der Waals surface area (Å²) in [5.74, 6) is 0.708. The average Bonchev–Trinajstić information content (AvgIpc) is 2.89. The zero-order valence-corrected chi connectivity index (χ0v) is 13.7. The minimum atomic E-state index is 0.149. The van der Waals surface area contributed by atoms with Gasteiger partial charge in [0.25, 0.3) is 0 Å². The minimum Gasteiger partial charge on any atom is -0.329 e. The maximum absolute atomic E-state index is 6.21. The lowest BCUT2D eigenvalue weighted by molar-refractivity contribution is 0.0474. The van der Waals surface area contributed by atoms with Crippen molar-refractivity contribution in [3.63, 3.8) is 0 Å². The van der Waals surface area contributed by atoms with E-state index < -0.39 is 0 Å². The Bertz CT molecular complexity index is 448. The normalized spacial score (nSPS) is 28.0. The van der Waals surface area contributed by atoms with Crippen LogP contribution in [-0.2, 0) is 0 Å². The smallest absolute Gasteiger partial charge is 0.0409 e. The second kappa shape index (κ2) is 6.46. The van der Waals surface area contributed by atoms with E-state index in [1.165, 1.54) is 31.2 Å². The first-order chi connectivity index (χ1) is 9.55. The van der Waals surface area contributed by atoms with Gasteiger partial charge < -0.3 is 5.73 Å². The van der Waals surface area contributed by atoms with Gasteiger partial charge in [0.15, 0.2) is 0 Å². The van der Waals surface area contributed by atoms with Crippen molar-refractivity contribution in [2.75, 3.05) is 13.6 Å². The maximum atomic E-state index is 6.21. The Morgan fingerprint density at radius 3 is 2.85 bits per heavy atom. The molecule has 2 nitrogen and oxygen atoms in total. The van der Waals surface area contributed by atoms with Gasteiger partial charge in [-0.2, -0.15) is 0 Å². The number of hydrogen-bond donors (Lipinski definition) is 1. The number of benzene rings is 1. The standard InChI is InChI=1S/C17H27ClN2/c1-4-15-8-6-10-17(15,12-19)20(3)13(2)14-7-5-9-16(18)11-14/h5,7,9,11,13,15H,4,6,8,10,12,19H2,1-3H3. The van der Waals surface area contributed by atoms with Gasteiger partial charge in [0.05, 0.1) is 0 Å². The summed E-state index contributed by atoms with van der Waals surface area (Å²) >= 11 is 6.13. The van der Waals surface area contributed by atoms with Crippen LogP contribution >= 0.6 is 11.6 Å². The molecule has 0 bridgehead atoms. The van der Waals surface area contributed by atoms with Gasteiger partial charge >= 0.3 is 0 Å².